The molecule has 0 amide bonds. The van der Waals surface area contributed by atoms with Crippen LogP contribution in [-0.4, -0.2) is 28.1 Å². The van der Waals surface area contributed by atoms with Gasteiger partial charge in [0, 0.05) is 22.4 Å². The molecule has 0 aliphatic rings. The fourth-order valence-electron chi connectivity index (χ4n) is 3.64. The van der Waals surface area contributed by atoms with E-state index in [1.54, 1.807) is 32.0 Å². The number of hydrogen-bond donors (Lipinski definition) is 1. The standard InChI is InChI=1S/C27H30F3NO3S/c1-16(2)24-23(35-25(31-24)18-6-8-19(9-7-18)27(28,29)30)13-12-22(33)21-11-10-20(14-17(21)3)34-26(4,5)15-32/h6-11,14,16,32H,12-13,15H2,1-5H3. The van der Waals surface area contributed by atoms with E-state index in [2.05, 4.69) is 4.98 Å². The number of nitrogens with zero attached hydrogens (tertiary/aromatic N) is 1. The molecule has 0 aliphatic carbocycles. The molecular formula is C27H30F3NO3S. The van der Waals surface area contributed by atoms with Crippen molar-refractivity contribution in [3.05, 3.63) is 69.7 Å². The summed E-state index contributed by atoms with van der Waals surface area (Å²) in [5, 5.41) is 10.0. The SMILES string of the molecule is Cc1cc(OC(C)(C)CO)ccc1C(=O)CCc1sc(-c2ccc(C(F)(F)F)cc2)nc1C(C)C. The predicted octanol–water partition coefficient (Wildman–Crippen LogP) is 7.23. The minimum Gasteiger partial charge on any atom is -0.485 e. The van der Waals surface area contributed by atoms with Gasteiger partial charge in [-0.25, -0.2) is 4.98 Å². The van der Waals surface area contributed by atoms with Gasteiger partial charge in [-0.2, -0.15) is 13.2 Å². The number of halogens is 3. The summed E-state index contributed by atoms with van der Waals surface area (Å²) in [6.45, 7) is 9.29. The zero-order valence-electron chi connectivity index (χ0n) is 20.5. The van der Waals surface area contributed by atoms with E-state index in [4.69, 9.17) is 4.74 Å². The Kier molecular flexibility index (Phi) is 8.07. The highest BCUT2D eigenvalue weighted by atomic mass is 32.1. The molecule has 1 heterocycles. The largest absolute Gasteiger partial charge is 0.485 e. The average molecular weight is 506 g/mol. The van der Waals surface area contributed by atoms with Gasteiger partial charge in [-0.05, 0) is 69.0 Å². The summed E-state index contributed by atoms with van der Waals surface area (Å²) in [5.74, 6) is 0.700. The second-order valence-electron chi connectivity index (χ2n) is 9.48. The Morgan fingerprint density at radius 2 is 1.77 bits per heavy atom. The van der Waals surface area contributed by atoms with Crippen LogP contribution in [-0.2, 0) is 12.6 Å². The molecule has 1 aromatic heterocycles. The minimum absolute atomic E-state index is 0.00495. The van der Waals surface area contributed by atoms with Crippen molar-refractivity contribution in [3.63, 3.8) is 0 Å². The van der Waals surface area contributed by atoms with E-state index in [9.17, 15) is 23.1 Å². The number of aliphatic hydroxyl groups excluding tert-OH is 1. The zero-order chi connectivity index (χ0) is 26.0. The van der Waals surface area contributed by atoms with Crippen molar-refractivity contribution in [1.29, 1.82) is 0 Å². The molecule has 1 N–H and O–H groups in total. The van der Waals surface area contributed by atoms with E-state index in [-0.39, 0.29) is 24.7 Å². The normalized spacial score (nSPS) is 12.3. The van der Waals surface area contributed by atoms with E-state index in [1.165, 1.54) is 23.5 Å². The van der Waals surface area contributed by atoms with Crippen LogP contribution < -0.4 is 4.74 Å². The molecule has 0 atom stereocenters. The third-order valence-electron chi connectivity index (χ3n) is 5.59. The number of aryl methyl sites for hydroxylation is 2. The number of carbonyl (C=O) groups excluding carboxylic acids is 1. The van der Waals surface area contributed by atoms with Crippen molar-refractivity contribution in [3.8, 4) is 16.3 Å². The maximum Gasteiger partial charge on any atom is 0.416 e. The molecular weight excluding hydrogens is 475 g/mol. The number of thiazole rings is 1. The van der Waals surface area contributed by atoms with Gasteiger partial charge in [0.15, 0.2) is 5.78 Å². The highest BCUT2D eigenvalue weighted by molar-refractivity contribution is 7.15. The third-order valence-corrected chi connectivity index (χ3v) is 6.77. The van der Waals surface area contributed by atoms with E-state index in [0.717, 1.165) is 28.3 Å². The van der Waals surface area contributed by atoms with Crippen LogP contribution >= 0.6 is 11.3 Å². The first kappa shape index (κ1) is 26.9. The number of aliphatic hydroxyl groups is 1. The van der Waals surface area contributed by atoms with Crippen molar-refractivity contribution in [2.75, 3.05) is 6.61 Å². The molecule has 0 radical (unpaired) electrons. The Labute approximate surface area is 207 Å². The lowest BCUT2D eigenvalue weighted by Gasteiger charge is -2.24. The van der Waals surface area contributed by atoms with Crippen LogP contribution in [0.15, 0.2) is 42.5 Å². The second-order valence-corrected chi connectivity index (χ2v) is 10.6. The monoisotopic (exact) mass is 505 g/mol. The number of aromatic nitrogens is 1. The van der Waals surface area contributed by atoms with Crippen LogP contribution in [0, 0.1) is 6.92 Å². The van der Waals surface area contributed by atoms with Crippen molar-refractivity contribution in [2.24, 2.45) is 0 Å². The maximum absolute atomic E-state index is 13.0. The fourth-order valence-corrected chi connectivity index (χ4v) is 4.87. The van der Waals surface area contributed by atoms with E-state index >= 15 is 0 Å². The van der Waals surface area contributed by atoms with Crippen LogP contribution in [0.2, 0.25) is 0 Å². The van der Waals surface area contributed by atoms with Gasteiger partial charge in [0.05, 0.1) is 17.9 Å². The molecule has 0 unspecified atom stereocenters. The third kappa shape index (κ3) is 6.70. The number of rotatable bonds is 9. The quantitative estimate of drug-likeness (QED) is 0.312. The first-order valence-corrected chi connectivity index (χ1v) is 12.2. The first-order valence-electron chi connectivity index (χ1n) is 11.4. The molecule has 3 rings (SSSR count). The fraction of sp³-hybridized carbons (Fsp3) is 0.407. The Morgan fingerprint density at radius 3 is 2.31 bits per heavy atom. The van der Waals surface area contributed by atoms with Gasteiger partial charge in [-0.15, -0.1) is 11.3 Å². The van der Waals surface area contributed by atoms with Crippen LogP contribution in [0.4, 0.5) is 13.2 Å². The number of ketones is 1. The molecule has 188 valence electrons. The van der Waals surface area contributed by atoms with Crippen molar-refractivity contribution in [1.82, 2.24) is 4.98 Å². The van der Waals surface area contributed by atoms with Gasteiger partial charge in [0.1, 0.15) is 16.4 Å². The Morgan fingerprint density at radius 1 is 1.11 bits per heavy atom. The van der Waals surface area contributed by atoms with Gasteiger partial charge >= 0.3 is 6.18 Å². The highest BCUT2D eigenvalue weighted by Crippen LogP contribution is 2.35. The summed E-state index contributed by atoms with van der Waals surface area (Å²) < 4.78 is 44.4. The molecule has 35 heavy (non-hydrogen) atoms. The zero-order valence-corrected chi connectivity index (χ0v) is 21.3. The minimum atomic E-state index is -4.38. The predicted molar refractivity (Wildman–Crippen MR) is 132 cm³/mol. The summed E-state index contributed by atoms with van der Waals surface area (Å²) in [6.07, 6.45) is -3.59. The van der Waals surface area contributed by atoms with Gasteiger partial charge in [0.25, 0.3) is 0 Å². The lowest BCUT2D eigenvalue weighted by atomic mass is 9.99. The molecule has 0 aliphatic heterocycles. The number of benzene rings is 2. The molecule has 2 aromatic carbocycles. The van der Waals surface area contributed by atoms with E-state index in [0.29, 0.717) is 28.3 Å². The summed E-state index contributed by atoms with van der Waals surface area (Å²) in [7, 11) is 0. The number of alkyl halides is 3. The molecule has 0 saturated heterocycles. The number of ether oxygens (including phenoxy) is 1. The van der Waals surface area contributed by atoms with Gasteiger partial charge in [-0.1, -0.05) is 26.0 Å². The van der Waals surface area contributed by atoms with Crippen molar-refractivity contribution in [2.45, 2.75) is 65.2 Å². The van der Waals surface area contributed by atoms with Crippen LogP contribution in [0.25, 0.3) is 10.6 Å². The van der Waals surface area contributed by atoms with E-state index < -0.39 is 17.3 Å². The Balaban J connectivity index is 1.76. The van der Waals surface area contributed by atoms with Crippen LogP contribution in [0.3, 0.4) is 0 Å². The first-order chi connectivity index (χ1) is 16.3. The summed E-state index contributed by atoms with van der Waals surface area (Å²) >= 11 is 1.42. The second kappa shape index (κ2) is 10.5. The molecule has 8 heteroatoms. The number of hydrogen-bond acceptors (Lipinski definition) is 5. The number of Topliss-reactive ketones (excluding diaryl/α,β-unsaturated/α-hetero) is 1. The van der Waals surface area contributed by atoms with Crippen molar-refractivity contribution < 1.29 is 27.8 Å². The topological polar surface area (TPSA) is 59.4 Å². The maximum atomic E-state index is 13.0. The molecule has 0 spiro atoms. The molecule has 3 aromatic rings. The van der Waals surface area contributed by atoms with Crippen LogP contribution in [0.5, 0.6) is 5.75 Å². The smallest absolute Gasteiger partial charge is 0.416 e. The van der Waals surface area contributed by atoms with Crippen molar-refractivity contribution >= 4 is 17.1 Å². The lowest BCUT2D eigenvalue weighted by Crippen LogP contribution is -2.32. The lowest BCUT2D eigenvalue weighted by molar-refractivity contribution is -0.137. The summed E-state index contributed by atoms with van der Waals surface area (Å²) in [6, 6.07) is 10.3. The summed E-state index contributed by atoms with van der Waals surface area (Å²) in [5.41, 5.74) is 1.48. The molecule has 0 bridgehead atoms. The van der Waals surface area contributed by atoms with Gasteiger partial charge in [-0.3, -0.25) is 4.79 Å². The average Bonchev–Trinajstić information content (AvgIpc) is 3.21. The Hall–Kier alpha value is -2.71. The molecule has 4 nitrogen and oxygen atoms in total. The van der Waals surface area contributed by atoms with E-state index in [1.807, 2.05) is 20.8 Å². The van der Waals surface area contributed by atoms with Gasteiger partial charge < -0.3 is 9.84 Å². The number of carbonyl (C=O) groups is 1. The van der Waals surface area contributed by atoms with Crippen LogP contribution in [0.1, 0.15) is 72.1 Å². The highest BCUT2D eigenvalue weighted by Gasteiger charge is 2.30. The molecule has 0 fully saturated rings. The summed E-state index contributed by atoms with van der Waals surface area (Å²) in [4.78, 5) is 18.6. The molecule has 0 saturated carbocycles. The Bertz CT molecular complexity index is 1180. The van der Waals surface area contributed by atoms with Gasteiger partial charge in [0.2, 0.25) is 0 Å².